The minimum Gasteiger partial charge on any atom is -0.494 e. The fourth-order valence-corrected chi connectivity index (χ4v) is 3.55. The van der Waals surface area contributed by atoms with Gasteiger partial charge in [-0.1, -0.05) is 12.5 Å². The first-order chi connectivity index (χ1) is 11.2. The number of likely N-dealkylation sites (tertiary alicyclic amines) is 1. The van der Waals surface area contributed by atoms with Gasteiger partial charge in [-0.05, 0) is 62.0 Å². The first-order valence-corrected chi connectivity index (χ1v) is 8.95. The summed E-state index contributed by atoms with van der Waals surface area (Å²) in [6.45, 7) is 7.65. The average Bonchev–Trinajstić information content (AvgIpc) is 2.59. The molecule has 0 N–H and O–H groups in total. The molecule has 0 radical (unpaired) electrons. The molecule has 2 heterocycles. The van der Waals surface area contributed by atoms with E-state index in [1.807, 2.05) is 11.0 Å². The summed E-state index contributed by atoms with van der Waals surface area (Å²) >= 11 is 0. The minimum atomic E-state index is 0.161. The van der Waals surface area contributed by atoms with Gasteiger partial charge in [-0.3, -0.25) is 4.79 Å². The van der Waals surface area contributed by atoms with Gasteiger partial charge >= 0.3 is 0 Å². The lowest BCUT2D eigenvalue weighted by molar-refractivity contribution is -0.129. The van der Waals surface area contributed by atoms with E-state index in [-0.39, 0.29) is 5.91 Å². The van der Waals surface area contributed by atoms with Crippen LogP contribution in [-0.4, -0.2) is 48.5 Å². The lowest BCUT2D eigenvalue weighted by atomic mass is 9.99. The molecule has 2 aliphatic heterocycles. The molecule has 126 valence electrons. The molecule has 1 amide bonds. The predicted molar refractivity (Wildman–Crippen MR) is 91.6 cm³/mol. The smallest absolute Gasteiger partial charge is 0.219 e. The first-order valence-electron chi connectivity index (χ1n) is 8.95. The highest BCUT2D eigenvalue weighted by molar-refractivity contribution is 5.73. The van der Waals surface area contributed by atoms with E-state index < -0.39 is 0 Å². The third-order valence-electron chi connectivity index (χ3n) is 4.97. The van der Waals surface area contributed by atoms with Crippen molar-refractivity contribution >= 4 is 5.91 Å². The molecule has 0 saturated carbocycles. The maximum Gasteiger partial charge on any atom is 0.219 e. The van der Waals surface area contributed by atoms with Gasteiger partial charge in [0.1, 0.15) is 5.75 Å². The Kier molecular flexibility index (Phi) is 5.55. The summed E-state index contributed by atoms with van der Waals surface area (Å²) in [6, 6.07) is 6.32. The van der Waals surface area contributed by atoms with E-state index in [0.29, 0.717) is 0 Å². The Hall–Kier alpha value is -1.55. The van der Waals surface area contributed by atoms with Crippen LogP contribution in [0.5, 0.6) is 5.75 Å². The van der Waals surface area contributed by atoms with Gasteiger partial charge in [0.15, 0.2) is 0 Å². The third kappa shape index (κ3) is 4.47. The Morgan fingerprint density at radius 1 is 1.13 bits per heavy atom. The molecule has 3 rings (SSSR count). The summed E-state index contributed by atoms with van der Waals surface area (Å²) < 4.78 is 5.93. The molecular weight excluding hydrogens is 288 g/mol. The number of hydrogen-bond donors (Lipinski definition) is 0. The molecule has 23 heavy (non-hydrogen) atoms. The van der Waals surface area contributed by atoms with Crippen molar-refractivity contribution in [2.75, 3.05) is 32.8 Å². The number of carbonyl (C=O) groups is 1. The van der Waals surface area contributed by atoms with E-state index in [1.165, 1.54) is 43.5 Å². The van der Waals surface area contributed by atoms with Crippen LogP contribution in [0.4, 0.5) is 0 Å². The van der Waals surface area contributed by atoms with Gasteiger partial charge in [0.2, 0.25) is 5.91 Å². The quantitative estimate of drug-likeness (QED) is 0.783. The molecule has 2 aliphatic rings. The highest BCUT2D eigenvalue weighted by Crippen LogP contribution is 2.24. The Labute approximate surface area is 139 Å². The molecule has 4 heteroatoms. The van der Waals surface area contributed by atoms with Crippen LogP contribution in [-0.2, 0) is 17.8 Å². The van der Waals surface area contributed by atoms with E-state index in [9.17, 15) is 4.79 Å². The van der Waals surface area contributed by atoms with Gasteiger partial charge in [0.25, 0.3) is 0 Å². The first kappa shape index (κ1) is 16.3. The fraction of sp³-hybridized carbons (Fsp3) is 0.632. The number of rotatable bonds is 5. The third-order valence-corrected chi connectivity index (χ3v) is 4.97. The Bertz CT molecular complexity index is 538. The molecule has 1 saturated heterocycles. The van der Waals surface area contributed by atoms with Crippen LogP contribution in [0, 0.1) is 0 Å². The molecule has 0 atom stereocenters. The zero-order valence-electron chi connectivity index (χ0n) is 14.2. The van der Waals surface area contributed by atoms with Crippen molar-refractivity contribution < 1.29 is 9.53 Å². The van der Waals surface area contributed by atoms with Crippen LogP contribution in [0.1, 0.15) is 43.7 Å². The van der Waals surface area contributed by atoms with Gasteiger partial charge in [0.05, 0.1) is 6.61 Å². The van der Waals surface area contributed by atoms with Crippen molar-refractivity contribution in [2.24, 2.45) is 0 Å². The standard InChI is InChI=1S/C19H28N2O2/c1-16(22)21-12-8-17-14-19(7-6-18(17)15-21)23-13-5-11-20-9-3-2-4-10-20/h6-7,14H,2-5,8-13,15H2,1H3. The van der Waals surface area contributed by atoms with Crippen LogP contribution in [0.25, 0.3) is 0 Å². The molecule has 0 aliphatic carbocycles. The molecular formula is C19H28N2O2. The van der Waals surface area contributed by atoms with Gasteiger partial charge in [-0.15, -0.1) is 0 Å². The van der Waals surface area contributed by atoms with Gasteiger partial charge < -0.3 is 14.5 Å². The lowest BCUT2D eigenvalue weighted by Gasteiger charge is -2.28. The van der Waals surface area contributed by atoms with Crippen LogP contribution < -0.4 is 4.74 Å². The van der Waals surface area contributed by atoms with Crippen molar-refractivity contribution in [1.82, 2.24) is 9.80 Å². The summed E-state index contributed by atoms with van der Waals surface area (Å²) in [5, 5.41) is 0. The molecule has 0 aromatic heterocycles. The number of fused-ring (bicyclic) bond motifs is 1. The number of benzene rings is 1. The van der Waals surface area contributed by atoms with Crippen molar-refractivity contribution in [1.29, 1.82) is 0 Å². The zero-order valence-corrected chi connectivity index (χ0v) is 14.2. The lowest BCUT2D eigenvalue weighted by Crippen LogP contribution is -2.34. The number of piperidine rings is 1. The molecule has 1 aromatic rings. The summed E-state index contributed by atoms with van der Waals surface area (Å²) in [7, 11) is 0. The average molecular weight is 316 g/mol. The van der Waals surface area contributed by atoms with Gasteiger partial charge in [0, 0.05) is 26.6 Å². The van der Waals surface area contributed by atoms with Crippen molar-refractivity contribution in [3.05, 3.63) is 29.3 Å². The summed E-state index contributed by atoms with van der Waals surface area (Å²) in [4.78, 5) is 15.9. The Morgan fingerprint density at radius 2 is 1.96 bits per heavy atom. The zero-order chi connectivity index (χ0) is 16.1. The minimum absolute atomic E-state index is 0.161. The van der Waals surface area contributed by atoms with Crippen LogP contribution >= 0.6 is 0 Å². The molecule has 0 bridgehead atoms. The number of ether oxygens (including phenoxy) is 1. The fourth-order valence-electron chi connectivity index (χ4n) is 3.55. The monoisotopic (exact) mass is 316 g/mol. The van der Waals surface area contributed by atoms with E-state index >= 15 is 0 Å². The van der Waals surface area contributed by atoms with Crippen molar-refractivity contribution in [3.8, 4) is 5.75 Å². The van der Waals surface area contributed by atoms with Crippen molar-refractivity contribution in [3.63, 3.8) is 0 Å². The molecule has 0 unspecified atom stereocenters. The second kappa shape index (κ2) is 7.82. The number of nitrogens with zero attached hydrogens (tertiary/aromatic N) is 2. The summed E-state index contributed by atoms with van der Waals surface area (Å²) in [6.07, 6.45) is 6.12. The molecule has 4 nitrogen and oxygen atoms in total. The van der Waals surface area contributed by atoms with Crippen LogP contribution in [0.2, 0.25) is 0 Å². The summed E-state index contributed by atoms with van der Waals surface area (Å²) in [5.41, 5.74) is 2.59. The molecule has 0 spiro atoms. The number of hydrogen-bond acceptors (Lipinski definition) is 3. The normalized spacial score (nSPS) is 18.6. The summed E-state index contributed by atoms with van der Waals surface area (Å²) in [5.74, 6) is 1.13. The topological polar surface area (TPSA) is 32.8 Å². The Morgan fingerprint density at radius 3 is 2.74 bits per heavy atom. The highest BCUT2D eigenvalue weighted by Gasteiger charge is 2.18. The second-order valence-corrected chi connectivity index (χ2v) is 6.73. The second-order valence-electron chi connectivity index (χ2n) is 6.73. The van der Waals surface area contributed by atoms with Gasteiger partial charge in [-0.2, -0.15) is 0 Å². The molecule has 1 fully saturated rings. The Balaban J connectivity index is 1.45. The van der Waals surface area contributed by atoms with Crippen molar-refractivity contribution in [2.45, 2.75) is 45.6 Å². The van der Waals surface area contributed by atoms with E-state index in [4.69, 9.17) is 4.74 Å². The van der Waals surface area contributed by atoms with Crippen LogP contribution in [0.15, 0.2) is 18.2 Å². The number of amides is 1. The van der Waals surface area contributed by atoms with E-state index in [1.54, 1.807) is 6.92 Å². The highest BCUT2D eigenvalue weighted by atomic mass is 16.5. The number of carbonyl (C=O) groups excluding carboxylic acids is 1. The van der Waals surface area contributed by atoms with Gasteiger partial charge in [-0.25, -0.2) is 0 Å². The largest absolute Gasteiger partial charge is 0.494 e. The molecule has 1 aromatic carbocycles. The SMILES string of the molecule is CC(=O)N1CCc2cc(OCCCN3CCCCC3)ccc2C1. The predicted octanol–water partition coefficient (Wildman–Crippen LogP) is 2.85. The maximum absolute atomic E-state index is 11.5. The van der Waals surface area contributed by atoms with Crippen LogP contribution in [0.3, 0.4) is 0 Å². The van der Waals surface area contributed by atoms with E-state index in [0.717, 1.165) is 44.8 Å². The maximum atomic E-state index is 11.5. The van der Waals surface area contributed by atoms with E-state index in [2.05, 4.69) is 17.0 Å².